The molecule has 0 bridgehead atoms. The third-order valence-corrected chi connectivity index (χ3v) is 12.1. The van der Waals surface area contributed by atoms with E-state index in [0.29, 0.717) is 0 Å². The summed E-state index contributed by atoms with van der Waals surface area (Å²) in [5, 5.41) is 2.54. The topological polar surface area (TPSA) is 17.3 Å². The minimum absolute atomic E-state index is 0.582. The zero-order valence-corrected chi connectivity index (χ0v) is 31.2. The molecule has 2 aliphatic carbocycles. The van der Waals surface area contributed by atoms with E-state index in [9.17, 15) is 0 Å². The molecular weight excluding hydrogens is 677 g/mol. The predicted molar refractivity (Wildman–Crippen MR) is 234 cm³/mol. The number of nitrogens with zero attached hydrogens (tertiary/aromatic N) is 2. The quantitative estimate of drug-likeness (QED) is 0.153. The molecule has 0 radical (unpaired) electrons. The van der Waals surface area contributed by atoms with Crippen molar-refractivity contribution in [3.8, 4) is 27.9 Å². The zero-order valence-electron chi connectivity index (χ0n) is 31.2. The van der Waals surface area contributed by atoms with E-state index >= 15 is 0 Å². The smallest absolute Gasteiger partial charge is 0.0895 e. The van der Waals surface area contributed by atoms with Crippen LogP contribution in [0, 0.1) is 0 Å². The molecule has 0 amide bonds. The molecule has 264 valence electrons. The van der Waals surface area contributed by atoms with E-state index in [1.54, 1.807) is 0 Å². The van der Waals surface area contributed by atoms with Crippen molar-refractivity contribution in [1.29, 1.82) is 0 Å². The fourth-order valence-corrected chi connectivity index (χ4v) is 9.60. The van der Waals surface area contributed by atoms with Crippen LogP contribution in [-0.4, -0.2) is 10.3 Å². The Hall–Kier alpha value is -7.03. The molecule has 0 saturated carbocycles. The van der Waals surface area contributed by atoms with Gasteiger partial charge in [-0.05, 0) is 105 Å². The van der Waals surface area contributed by atoms with Crippen LogP contribution in [0.25, 0.3) is 55.3 Å². The highest BCUT2D eigenvalue weighted by Gasteiger charge is 2.53. The Bertz CT molecular complexity index is 2980. The first-order valence-electron chi connectivity index (χ1n) is 19.5. The molecule has 0 saturated heterocycles. The van der Waals surface area contributed by atoms with Gasteiger partial charge in [-0.25, -0.2) is 0 Å². The SMILES string of the molecule is C/C(=N\C1=C(Cc2ccccc2)c2ccccc2C12c1ccccc1-c1ccc(-c3ccc(-n4c5ccccc5c5ccccc54)cc3)cc12)c1ccccc1. The summed E-state index contributed by atoms with van der Waals surface area (Å²) in [5.41, 5.74) is 18.9. The first-order valence-corrected chi connectivity index (χ1v) is 19.5. The summed E-state index contributed by atoms with van der Waals surface area (Å²) in [5.74, 6) is 0. The van der Waals surface area contributed by atoms with E-state index in [2.05, 4.69) is 212 Å². The Labute approximate surface area is 327 Å². The Morgan fingerprint density at radius 1 is 0.482 bits per heavy atom. The van der Waals surface area contributed by atoms with E-state index < -0.39 is 5.41 Å². The molecule has 11 rings (SSSR count). The van der Waals surface area contributed by atoms with Crippen LogP contribution in [-0.2, 0) is 11.8 Å². The summed E-state index contributed by atoms with van der Waals surface area (Å²) in [6.07, 6.45) is 0.794. The van der Waals surface area contributed by atoms with Crippen molar-refractivity contribution >= 4 is 33.1 Å². The lowest BCUT2D eigenvalue weighted by Gasteiger charge is -2.31. The number of hydrogen-bond donors (Lipinski definition) is 0. The number of benzene rings is 8. The second-order valence-corrected chi connectivity index (χ2v) is 15.1. The van der Waals surface area contributed by atoms with Crippen molar-refractivity contribution < 1.29 is 0 Å². The minimum Gasteiger partial charge on any atom is -0.309 e. The number of hydrogen-bond acceptors (Lipinski definition) is 1. The third kappa shape index (κ3) is 4.79. The summed E-state index contributed by atoms with van der Waals surface area (Å²) < 4.78 is 2.39. The van der Waals surface area contributed by atoms with Crippen LogP contribution < -0.4 is 0 Å². The number of fused-ring (bicyclic) bond motifs is 10. The predicted octanol–water partition coefficient (Wildman–Crippen LogP) is 13.2. The molecule has 9 aromatic rings. The number of aliphatic imine (C=N–C) groups is 1. The minimum atomic E-state index is -0.582. The molecule has 1 atom stereocenters. The van der Waals surface area contributed by atoms with Crippen molar-refractivity contribution in [2.24, 2.45) is 4.99 Å². The van der Waals surface area contributed by atoms with Crippen molar-refractivity contribution in [3.63, 3.8) is 0 Å². The molecule has 1 unspecified atom stereocenters. The zero-order chi connectivity index (χ0) is 37.2. The van der Waals surface area contributed by atoms with Crippen LogP contribution in [0.15, 0.2) is 211 Å². The molecule has 1 spiro atoms. The van der Waals surface area contributed by atoms with Gasteiger partial charge >= 0.3 is 0 Å². The number of aromatic nitrogens is 1. The van der Waals surface area contributed by atoms with Gasteiger partial charge in [-0.15, -0.1) is 0 Å². The van der Waals surface area contributed by atoms with E-state index in [4.69, 9.17) is 4.99 Å². The normalized spacial score (nSPS) is 15.8. The summed E-state index contributed by atoms with van der Waals surface area (Å²) in [6.45, 7) is 2.16. The highest BCUT2D eigenvalue weighted by molar-refractivity contribution is 6.09. The summed E-state index contributed by atoms with van der Waals surface area (Å²) in [6, 6.07) is 73.2. The van der Waals surface area contributed by atoms with Crippen molar-refractivity contribution in [3.05, 3.63) is 239 Å². The fraction of sp³-hybridized carbons (Fsp3) is 0.0556. The fourth-order valence-electron chi connectivity index (χ4n) is 9.60. The Balaban J connectivity index is 1.13. The highest BCUT2D eigenvalue weighted by Crippen LogP contribution is 2.63. The molecule has 0 aliphatic heterocycles. The summed E-state index contributed by atoms with van der Waals surface area (Å²) in [7, 11) is 0. The number of para-hydroxylation sites is 2. The van der Waals surface area contributed by atoms with Gasteiger partial charge in [-0.1, -0.05) is 170 Å². The molecule has 1 aromatic heterocycles. The summed E-state index contributed by atoms with van der Waals surface area (Å²) >= 11 is 0. The maximum absolute atomic E-state index is 5.76. The molecule has 1 heterocycles. The Kier molecular flexibility index (Phi) is 7.40. The molecular formula is C54H38N2. The van der Waals surface area contributed by atoms with Gasteiger partial charge in [0, 0.05) is 22.2 Å². The molecule has 8 aromatic carbocycles. The Morgan fingerprint density at radius 3 is 1.71 bits per heavy atom. The van der Waals surface area contributed by atoms with Crippen molar-refractivity contribution in [2.45, 2.75) is 18.8 Å². The summed E-state index contributed by atoms with van der Waals surface area (Å²) in [4.78, 5) is 5.76. The maximum atomic E-state index is 5.76. The molecule has 0 N–H and O–H groups in total. The van der Waals surface area contributed by atoms with E-state index in [0.717, 1.165) is 29.1 Å². The van der Waals surface area contributed by atoms with Crippen molar-refractivity contribution in [1.82, 2.24) is 4.57 Å². The molecule has 2 nitrogen and oxygen atoms in total. The Morgan fingerprint density at radius 2 is 1.02 bits per heavy atom. The van der Waals surface area contributed by atoms with Gasteiger partial charge in [0.05, 0.1) is 22.1 Å². The van der Waals surface area contributed by atoms with Gasteiger partial charge in [0.1, 0.15) is 0 Å². The van der Waals surface area contributed by atoms with Crippen LogP contribution in [0.3, 0.4) is 0 Å². The van der Waals surface area contributed by atoms with Crippen LogP contribution in [0.5, 0.6) is 0 Å². The molecule has 0 fully saturated rings. The van der Waals surface area contributed by atoms with Crippen LogP contribution >= 0.6 is 0 Å². The van der Waals surface area contributed by atoms with Gasteiger partial charge in [0.15, 0.2) is 0 Å². The maximum Gasteiger partial charge on any atom is 0.0895 e. The number of allylic oxidation sites excluding steroid dienone is 2. The van der Waals surface area contributed by atoms with Gasteiger partial charge in [0.2, 0.25) is 0 Å². The van der Waals surface area contributed by atoms with E-state index in [-0.39, 0.29) is 0 Å². The standard InChI is InChI=1S/C54H38N2/c1-36(38-18-6-3-7-19-38)55-53-47(34-37-16-4-2-5-17-37)43-21-9-13-25-49(43)54(53)48-24-12-8-20-42(48)44-33-30-40(35-50(44)54)39-28-31-41(32-29-39)56-51-26-14-10-22-45(51)46-23-11-15-27-52(46)56/h2-33,35H,34H2,1H3/b55-36+. The second-order valence-electron chi connectivity index (χ2n) is 15.1. The average Bonchev–Trinajstić information content (AvgIpc) is 3.86. The van der Waals surface area contributed by atoms with Gasteiger partial charge < -0.3 is 4.57 Å². The largest absolute Gasteiger partial charge is 0.309 e. The highest BCUT2D eigenvalue weighted by atomic mass is 15.0. The molecule has 2 aliphatic rings. The van der Waals surface area contributed by atoms with Crippen molar-refractivity contribution in [2.75, 3.05) is 0 Å². The molecule has 56 heavy (non-hydrogen) atoms. The van der Waals surface area contributed by atoms with Crippen LogP contribution in [0.1, 0.15) is 40.3 Å². The van der Waals surface area contributed by atoms with Crippen LogP contribution in [0.4, 0.5) is 0 Å². The first kappa shape index (κ1) is 32.4. The first-order chi connectivity index (χ1) is 27.7. The second kappa shape index (κ2) is 12.8. The van der Waals surface area contributed by atoms with E-state index in [1.807, 2.05) is 0 Å². The monoisotopic (exact) mass is 714 g/mol. The lowest BCUT2D eigenvalue weighted by Crippen LogP contribution is -2.27. The average molecular weight is 715 g/mol. The van der Waals surface area contributed by atoms with E-state index in [1.165, 1.54) is 77.5 Å². The lowest BCUT2D eigenvalue weighted by molar-refractivity contribution is 0.755. The molecule has 2 heteroatoms. The van der Waals surface area contributed by atoms with Gasteiger partial charge in [-0.2, -0.15) is 0 Å². The lowest BCUT2D eigenvalue weighted by atomic mass is 9.71. The van der Waals surface area contributed by atoms with Crippen LogP contribution in [0.2, 0.25) is 0 Å². The van der Waals surface area contributed by atoms with Gasteiger partial charge in [-0.3, -0.25) is 4.99 Å². The number of rotatable bonds is 6. The third-order valence-electron chi connectivity index (χ3n) is 12.1. The van der Waals surface area contributed by atoms with Gasteiger partial charge in [0.25, 0.3) is 0 Å².